The Balaban J connectivity index is 1.54. The summed E-state index contributed by atoms with van der Waals surface area (Å²) in [6, 6.07) is 0. The molecule has 1 N–H and O–H groups in total. The molecule has 0 bridgehead atoms. The highest BCUT2D eigenvalue weighted by Gasteiger charge is 2.21. The molecular weight excluding hydrogens is 200 g/mol. The largest absolute Gasteiger partial charge is 0.377 e. The fourth-order valence-electron chi connectivity index (χ4n) is 2.76. The van der Waals surface area contributed by atoms with E-state index in [4.69, 9.17) is 4.74 Å². The van der Waals surface area contributed by atoms with Crippen molar-refractivity contribution in [2.75, 3.05) is 39.3 Å². The second kappa shape index (κ2) is 6.58. The van der Waals surface area contributed by atoms with Gasteiger partial charge in [-0.05, 0) is 44.8 Å². The number of rotatable bonds is 5. The molecule has 0 aliphatic carbocycles. The maximum Gasteiger partial charge on any atom is 0.0600 e. The van der Waals surface area contributed by atoms with Crippen molar-refractivity contribution in [2.45, 2.75) is 38.7 Å². The van der Waals surface area contributed by atoms with E-state index in [2.05, 4.69) is 17.1 Å². The van der Waals surface area contributed by atoms with E-state index in [9.17, 15) is 0 Å². The van der Waals surface area contributed by atoms with Crippen LogP contribution >= 0.6 is 0 Å². The monoisotopic (exact) mass is 226 g/mol. The number of piperidine rings is 1. The van der Waals surface area contributed by atoms with Gasteiger partial charge in [0.15, 0.2) is 0 Å². The van der Waals surface area contributed by atoms with Gasteiger partial charge in [-0.15, -0.1) is 0 Å². The smallest absolute Gasteiger partial charge is 0.0600 e. The molecule has 3 heteroatoms. The first-order valence-electron chi connectivity index (χ1n) is 6.93. The van der Waals surface area contributed by atoms with E-state index in [0.29, 0.717) is 6.10 Å². The van der Waals surface area contributed by atoms with Gasteiger partial charge >= 0.3 is 0 Å². The molecule has 0 spiro atoms. The molecule has 0 aromatic rings. The van der Waals surface area contributed by atoms with Crippen LogP contribution in [0.15, 0.2) is 0 Å². The predicted molar refractivity (Wildman–Crippen MR) is 66.7 cm³/mol. The van der Waals surface area contributed by atoms with Crippen molar-refractivity contribution in [3.05, 3.63) is 0 Å². The lowest BCUT2D eigenvalue weighted by Gasteiger charge is -2.24. The van der Waals surface area contributed by atoms with Gasteiger partial charge in [-0.25, -0.2) is 0 Å². The third-order valence-corrected chi connectivity index (χ3v) is 3.99. The van der Waals surface area contributed by atoms with E-state index < -0.39 is 0 Å². The summed E-state index contributed by atoms with van der Waals surface area (Å²) < 4.78 is 5.93. The Morgan fingerprint density at radius 1 is 1.25 bits per heavy atom. The molecule has 0 aromatic carbocycles. The Morgan fingerprint density at radius 2 is 2.06 bits per heavy atom. The van der Waals surface area contributed by atoms with Gasteiger partial charge in [0.05, 0.1) is 12.7 Å². The predicted octanol–water partition coefficient (Wildman–Crippen LogP) is 1.49. The first-order chi connectivity index (χ1) is 7.88. The number of nitrogens with zero attached hydrogens (tertiary/aromatic N) is 1. The first-order valence-corrected chi connectivity index (χ1v) is 6.93. The molecule has 2 fully saturated rings. The van der Waals surface area contributed by atoms with Crippen molar-refractivity contribution in [1.29, 1.82) is 0 Å². The molecule has 2 rings (SSSR count). The standard InChI is InChI=1S/C13H26N2O/c1-2-12-5-8-15(11-12)9-10-16-13-3-6-14-7-4-13/h12-14H,2-11H2,1H3. The fourth-order valence-corrected chi connectivity index (χ4v) is 2.76. The summed E-state index contributed by atoms with van der Waals surface area (Å²) in [4.78, 5) is 2.56. The summed E-state index contributed by atoms with van der Waals surface area (Å²) in [5.41, 5.74) is 0. The molecule has 2 aliphatic heterocycles. The van der Waals surface area contributed by atoms with Crippen molar-refractivity contribution in [3.8, 4) is 0 Å². The summed E-state index contributed by atoms with van der Waals surface area (Å²) in [6.45, 7) is 9.22. The summed E-state index contributed by atoms with van der Waals surface area (Å²) in [7, 11) is 0. The van der Waals surface area contributed by atoms with Crippen LogP contribution in [0.2, 0.25) is 0 Å². The van der Waals surface area contributed by atoms with Crippen LogP contribution in [0.25, 0.3) is 0 Å². The molecular formula is C13H26N2O. The zero-order valence-corrected chi connectivity index (χ0v) is 10.6. The Bertz CT molecular complexity index is 192. The number of likely N-dealkylation sites (tertiary alicyclic amines) is 1. The summed E-state index contributed by atoms with van der Waals surface area (Å²) in [5.74, 6) is 0.943. The highest BCUT2D eigenvalue weighted by atomic mass is 16.5. The highest BCUT2D eigenvalue weighted by molar-refractivity contribution is 4.74. The van der Waals surface area contributed by atoms with Crippen molar-refractivity contribution >= 4 is 0 Å². The van der Waals surface area contributed by atoms with Gasteiger partial charge in [0.25, 0.3) is 0 Å². The van der Waals surface area contributed by atoms with Crippen LogP contribution in [0.4, 0.5) is 0 Å². The molecule has 2 heterocycles. The van der Waals surface area contributed by atoms with Gasteiger partial charge in [-0.1, -0.05) is 13.3 Å². The molecule has 0 saturated carbocycles. The zero-order valence-electron chi connectivity index (χ0n) is 10.6. The second-order valence-electron chi connectivity index (χ2n) is 5.18. The third-order valence-electron chi connectivity index (χ3n) is 3.99. The number of hydrogen-bond donors (Lipinski definition) is 1. The van der Waals surface area contributed by atoms with Gasteiger partial charge in [0.1, 0.15) is 0 Å². The molecule has 0 amide bonds. The minimum atomic E-state index is 0.519. The van der Waals surface area contributed by atoms with Gasteiger partial charge in [0, 0.05) is 13.1 Å². The minimum Gasteiger partial charge on any atom is -0.377 e. The van der Waals surface area contributed by atoms with Crippen LogP contribution in [0.1, 0.15) is 32.6 Å². The molecule has 2 saturated heterocycles. The van der Waals surface area contributed by atoms with E-state index in [-0.39, 0.29) is 0 Å². The summed E-state index contributed by atoms with van der Waals surface area (Å²) >= 11 is 0. The number of ether oxygens (including phenoxy) is 1. The lowest BCUT2D eigenvalue weighted by molar-refractivity contribution is 0.0225. The summed E-state index contributed by atoms with van der Waals surface area (Å²) in [6.07, 6.45) is 5.64. The molecule has 0 aromatic heterocycles. The Hall–Kier alpha value is -0.120. The molecule has 0 radical (unpaired) electrons. The Morgan fingerprint density at radius 3 is 2.75 bits per heavy atom. The Labute approximate surface area is 99.5 Å². The average molecular weight is 226 g/mol. The number of hydrogen-bond acceptors (Lipinski definition) is 3. The maximum absolute atomic E-state index is 5.93. The van der Waals surface area contributed by atoms with E-state index in [1.165, 1.54) is 38.8 Å². The SMILES string of the molecule is CCC1CCN(CCOC2CCNCC2)C1. The highest BCUT2D eigenvalue weighted by Crippen LogP contribution is 2.18. The van der Waals surface area contributed by atoms with Crippen molar-refractivity contribution in [3.63, 3.8) is 0 Å². The van der Waals surface area contributed by atoms with E-state index in [1.54, 1.807) is 0 Å². The lowest BCUT2D eigenvalue weighted by atomic mass is 10.1. The van der Waals surface area contributed by atoms with Crippen LogP contribution in [0.5, 0.6) is 0 Å². The van der Waals surface area contributed by atoms with Crippen LogP contribution in [0, 0.1) is 5.92 Å². The van der Waals surface area contributed by atoms with E-state index in [1.807, 2.05) is 0 Å². The quantitative estimate of drug-likeness (QED) is 0.768. The topological polar surface area (TPSA) is 24.5 Å². The molecule has 1 atom stereocenters. The maximum atomic E-state index is 5.93. The van der Waals surface area contributed by atoms with Crippen LogP contribution < -0.4 is 5.32 Å². The van der Waals surface area contributed by atoms with Crippen molar-refractivity contribution in [2.24, 2.45) is 5.92 Å². The normalized spacial score (nSPS) is 28.7. The lowest BCUT2D eigenvalue weighted by Crippen LogP contribution is -2.34. The zero-order chi connectivity index (χ0) is 11.2. The van der Waals surface area contributed by atoms with E-state index >= 15 is 0 Å². The van der Waals surface area contributed by atoms with Gasteiger partial charge < -0.3 is 15.0 Å². The van der Waals surface area contributed by atoms with Gasteiger partial charge in [-0.2, -0.15) is 0 Å². The summed E-state index contributed by atoms with van der Waals surface area (Å²) in [5, 5.41) is 3.37. The van der Waals surface area contributed by atoms with Crippen molar-refractivity contribution in [1.82, 2.24) is 10.2 Å². The van der Waals surface area contributed by atoms with E-state index in [0.717, 1.165) is 32.2 Å². The minimum absolute atomic E-state index is 0.519. The molecule has 3 nitrogen and oxygen atoms in total. The molecule has 94 valence electrons. The van der Waals surface area contributed by atoms with Crippen molar-refractivity contribution < 1.29 is 4.74 Å². The van der Waals surface area contributed by atoms with Crippen LogP contribution in [-0.2, 0) is 4.74 Å². The average Bonchev–Trinajstić information content (AvgIpc) is 2.78. The second-order valence-corrected chi connectivity index (χ2v) is 5.18. The molecule has 16 heavy (non-hydrogen) atoms. The van der Waals surface area contributed by atoms with Crippen LogP contribution in [0.3, 0.4) is 0 Å². The number of nitrogens with one attached hydrogen (secondary N) is 1. The fraction of sp³-hybridized carbons (Fsp3) is 1.00. The molecule has 2 aliphatic rings. The van der Waals surface area contributed by atoms with Crippen LogP contribution in [-0.4, -0.2) is 50.3 Å². The Kier molecular flexibility index (Phi) is 5.07. The molecule has 1 unspecified atom stereocenters. The van der Waals surface area contributed by atoms with Gasteiger partial charge in [0.2, 0.25) is 0 Å². The first kappa shape index (κ1) is 12.3. The van der Waals surface area contributed by atoms with Gasteiger partial charge in [-0.3, -0.25) is 0 Å². The third kappa shape index (κ3) is 3.72.